The summed E-state index contributed by atoms with van der Waals surface area (Å²) in [5.74, 6) is 0.919. The second kappa shape index (κ2) is 8.52. The standard InChI is InChI=1S/C22H25Cl2N3O2/c1-15-3-2-4-16(11-15)14-25-21-22(5-9-29-10-6-22)26-19-12-17(23)18(24)13-20(19)27(21)7-8-28/h2-4,11-13,26,28H,5-10,14H2,1H3. The molecule has 2 aliphatic rings. The number of fused-ring (bicyclic) bond motifs is 1. The van der Waals surface area contributed by atoms with Crippen LogP contribution in [-0.2, 0) is 11.3 Å². The van der Waals surface area contributed by atoms with Gasteiger partial charge >= 0.3 is 0 Å². The van der Waals surface area contributed by atoms with E-state index in [0.29, 0.717) is 36.3 Å². The number of hydrogen-bond donors (Lipinski definition) is 2. The molecule has 0 radical (unpaired) electrons. The zero-order valence-electron chi connectivity index (χ0n) is 16.4. The normalized spacial score (nSPS) is 19.3. The van der Waals surface area contributed by atoms with Crippen molar-refractivity contribution in [2.45, 2.75) is 31.8 Å². The molecule has 1 saturated heterocycles. The Morgan fingerprint density at radius 1 is 1.17 bits per heavy atom. The highest BCUT2D eigenvalue weighted by molar-refractivity contribution is 6.42. The van der Waals surface area contributed by atoms with Crippen LogP contribution in [0.15, 0.2) is 41.4 Å². The van der Waals surface area contributed by atoms with Gasteiger partial charge in [-0.1, -0.05) is 53.0 Å². The van der Waals surface area contributed by atoms with Crippen molar-refractivity contribution in [3.05, 3.63) is 57.6 Å². The number of anilines is 2. The van der Waals surface area contributed by atoms with Crippen LogP contribution in [0.25, 0.3) is 0 Å². The van der Waals surface area contributed by atoms with E-state index in [1.807, 2.05) is 12.1 Å². The Labute approximate surface area is 181 Å². The fraction of sp³-hybridized carbons (Fsp3) is 0.409. The summed E-state index contributed by atoms with van der Waals surface area (Å²) < 4.78 is 5.64. The Hall–Kier alpha value is -1.79. The number of β-amino-alcohol motifs (C(OH)–C–C–N with tert-alkyl or cyclic N) is 1. The number of aliphatic hydroxyl groups is 1. The fourth-order valence-electron chi connectivity index (χ4n) is 4.15. The lowest BCUT2D eigenvalue weighted by Gasteiger charge is -2.48. The number of halogens is 2. The smallest absolute Gasteiger partial charge is 0.130 e. The van der Waals surface area contributed by atoms with E-state index < -0.39 is 0 Å². The molecule has 2 aromatic rings. The highest BCUT2D eigenvalue weighted by Gasteiger charge is 2.45. The van der Waals surface area contributed by atoms with Gasteiger partial charge in [-0.05, 0) is 24.6 Å². The van der Waals surface area contributed by atoms with Gasteiger partial charge < -0.3 is 20.1 Å². The molecule has 5 nitrogen and oxygen atoms in total. The van der Waals surface area contributed by atoms with Crippen LogP contribution in [0.4, 0.5) is 11.4 Å². The van der Waals surface area contributed by atoms with Gasteiger partial charge in [-0.15, -0.1) is 0 Å². The number of hydrogen-bond acceptors (Lipinski definition) is 4. The number of nitrogens with one attached hydrogen (secondary N) is 1. The van der Waals surface area contributed by atoms with Crippen LogP contribution in [0.2, 0.25) is 10.0 Å². The molecule has 0 atom stereocenters. The Bertz CT molecular complexity index is 926. The first kappa shape index (κ1) is 20.5. The molecule has 2 aliphatic heterocycles. The second-order valence-corrected chi connectivity index (χ2v) is 8.42. The van der Waals surface area contributed by atoms with E-state index in [2.05, 4.69) is 41.4 Å². The Kier molecular flexibility index (Phi) is 6.02. The van der Waals surface area contributed by atoms with Crippen molar-refractivity contribution < 1.29 is 9.84 Å². The maximum Gasteiger partial charge on any atom is 0.130 e. The summed E-state index contributed by atoms with van der Waals surface area (Å²) in [5, 5.41) is 14.5. The molecular formula is C22H25Cl2N3O2. The van der Waals surface area contributed by atoms with Gasteiger partial charge in [0, 0.05) is 32.6 Å². The van der Waals surface area contributed by atoms with Crippen LogP contribution in [0.1, 0.15) is 24.0 Å². The van der Waals surface area contributed by atoms with Crippen molar-refractivity contribution in [2.24, 2.45) is 4.99 Å². The minimum absolute atomic E-state index is 0.00965. The molecule has 2 aromatic carbocycles. The summed E-state index contributed by atoms with van der Waals surface area (Å²) >= 11 is 12.6. The lowest BCUT2D eigenvalue weighted by atomic mass is 9.85. The average molecular weight is 434 g/mol. The minimum Gasteiger partial charge on any atom is -0.395 e. The van der Waals surface area contributed by atoms with Gasteiger partial charge in [0.25, 0.3) is 0 Å². The number of nitrogens with zero attached hydrogens (tertiary/aromatic N) is 2. The SMILES string of the molecule is Cc1cccc(CN=C2N(CCO)c3cc(Cl)c(Cl)cc3NC23CCOCC3)c1. The van der Waals surface area contributed by atoms with Crippen molar-refractivity contribution in [3.8, 4) is 0 Å². The summed E-state index contributed by atoms with van der Waals surface area (Å²) in [7, 11) is 0. The third kappa shape index (κ3) is 4.10. The molecule has 2 heterocycles. The van der Waals surface area contributed by atoms with Crippen LogP contribution in [0, 0.1) is 6.92 Å². The van der Waals surface area contributed by atoms with Gasteiger partial charge in [-0.25, -0.2) is 0 Å². The molecule has 4 rings (SSSR count). The van der Waals surface area contributed by atoms with Crippen molar-refractivity contribution in [2.75, 3.05) is 36.6 Å². The first-order valence-electron chi connectivity index (χ1n) is 9.86. The topological polar surface area (TPSA) is 57.1 Å². The van der Waals surface area contributed by atoms with E-state index in [0.717, 1.165) is 35.6 Å². The maximum absolute atomic E-state index is 9.79. The molecule has 0 unspecified atom stereocenters. The molecule has 0 aliphatic carbocycles. The van der Waals surface area contributed by atoms with Gasteiger partial charge in [-0.2, -0.15) is 0 Å². The van der Waals surface area contributed by atoms with Gasteiger partial charge in [0.05, 0.1) is 40.1 Å². The zero-order valence-corrected chi connectivity index (χ0v) is 17.9. The molecule has 0 saturated carbocycles. The van der Waals surface area contributed by atoms with E-state index in [4.69, 9.17) is 32.9 Å². The van der Waals surface area contributed by atoms with E-state index >= 15 is 0 Å². The molecule has 7 heteroatoms. The van der Waals surface area contributed by atoms with Crippen molar-refractivity contribution in [1.29, 1.82) is 0 Å². The third-order valence-corrected chi connectivity index (χ3v) is 6.27. The van der Waals surface area contributed by atoms with Gasteiger partial charge in [0.1, 0.15) is 5.84 Å². The molecule has 0 amide bonds. The molecular weight excluding hydrogens is 409 g/mol. The molecule has 154 valence electrons. The molecule has 29 heavy (non-hydrogen) atoms. The summed E-state index contributed by atoms with van der Waals surface area (Å²) in [6.07, 6.45) is 1.59. The zero-order chi connectivity index (χ0) is 20.4. The molecule has 1 spiro atoms. The van der Waals surface area contributed by atoms with Crippen molar-refractivity contribution in [3.63, 3.8) is 0 Å². The van der Waals surface area contributed by atoms with Crippen LogP contribution in [0.5, 0.6) is 0 Å². The molecule has 2 N–H and O–H groups in total. The first-order valence-corrected chi connectivity index (χ1v) is 10.6. The summed E-state index contributed by atoms with van der Waals surface area (Å²) in [6, 6.07) is 12.1. The van der Waals surface area contributed by atoms with Crippen molar-refractivity contribution >= 4 is 40.4 Å². The number of rotatable bonds is 4. The van der Waals surface area contributed by atoms with Crippen molar-refractivity contribution in [1.82, 2.24) is 0 Å². The van der Waals surface area contributed by atoms with Gasteiger partial charge in [0.2, 0.25) is 0 Å². The number of ether oxygens (including phenoxy) is 1. The quantitative estimate of drug-likeness (QED) is 0.734. The second-order valence-electron chi connectivity index (χ2n) is 7.61. The Morgan fingerprint density at radius 2 is 1.93 bits per heavy atom. The molecule has 1 fully saturated rings. The number of aliphatic imine (C=N–C) groups is 1. The lowest BCUT2D eigenvalue weighted by molar-refractivity contribution is 0.0773. The number of benzene rings is 2. The predicted octanol–water partition coefficient (Wildman–Crippen LogP) is 4.67. The van der Waals surface area contributed by atoms with Crippen LogP contribution >= 0.6 is 23.2 Å². The minimum atomic E-state index is -0.360. The van der Waals surface area contributed by atoms with Crippen LogP contribution < -0.4 is 10.2 Å². The van der Waals surface area contributed by atoms with Gasteiger partial charge in [0.15, 0.2) is 0 Å². The molecule has 0 bridgehead atoms. The van der Waals surface area contributed by atoms with E-state index in [9.17, 15) is 5.11 Å². The third-order valence-electron chi connectivity index (χ3n) is 5.55. The van der Waals surface area contributed by atoms with E-state index in [1.54, 1.807) is 0 Å². The number of aryl methyl sites for hydroxylation is 1. The largest absolute Gasteiger partial charge is 0.395 e. The lowest BCUT2D eigenvalue weighted by Crippen LogP contribution is -2.60. The van der Waals surface area contributed by atoms with E-state index in [1.165, 1.54) is 5.56 Å². The summed E-state index contributed by atoms with van der Waals surface area (Å²) in [6.45, 7) is 4.40. The first-order chi connectivity index (χ1) is 14.0. The number of amidine groups is 1. The Balaban J connectivity index is 1.80. The average Bonchev–Trinajstić information content (AvgIpc) is 2.70. The predicted molar refractivity (Wildman–Crippen MR) is 120 cm³/mol. The maximum atomic E-state index is 9.79. The highest BCUT2D eigenvalue weighted by atomic mass is 35.5. The number of aliphatic hydroxyl groups excluding tert-OH is 1. The van der Waals surface area contributed by atoms with Crippen LogP contribution in [0.3, 0.4) is 0 Å². The summed E-state index contributed by atoms with van der Waals surface area (Å²) in [5.41, 5.74) is 3.80. The monoisotopic (exact) mass is 433 g/mol. The summed E-state index contributed by atoms with van der Waals surface area (Å²) in [4.78, 5) is 7.14. The molecule has 0 aromatic heterocycles. The Morgan fingerprint density at radius 3 is 2.66 bits per heavy atom. The van der Waals surface area contributed by atoms with E-state index in [-0.39, 0.29) is 12.1 Å². The highest BCUT2D eigenvalue weighted by Crippen LogP contribution is 2.43. The fourth-order valence-corrected chi connectivity index (χ4v) is 4.48. The van der Waals surface area contributed by atoms with Gasteiger partial charge in [-0.3, -0.25) is 4.99 Å². The van der Waals surface area contributed by atoms with Crippen LogP contribution in [-0.4, -0.2) is 42.8 Å².